The Balaban J connectivity index is 1.62. The molecule has 0 N–H and O–H groups in total. The molecule has 0 atom stereocenters. The summed E-state index contributed by atoms with van der Waals surface area (Å²) in [4.78, 5) is 36.7. The number of carbonyl (C=O) groups is 2. The third kappa shape index (κ3) is 4.13. The van der Waals surface area contributed by atoms with Crippen LogP contribution in [0.5, 0.6) is 5.75 Å². The van der Waals surface area contributed by atoms with Crippen LogP contribution in [0.4, 0.5) is 5.82 Å². The molecule has 162 valence electrons. The number of unbranched alkanes of at least 4 members (excludes halogenated alkanes) is 1. The fourth-order valence-electron chi connectivity index (χ4n) is 4.09. The third-order valence-electron chi connectivity index (χ3n) is 5.83. The van der Waals surface area contributed by atoms with Gasteiger partial charge in [0, 0.05) is 38.9 Å². The molecule has 7 heteroatoms. The lowest BCUT2D eigenvalue weighted by Crippen LogP contribution is -2.48. The van der Waals surface area contributed by atoms with Crippen LogP contribution >= 0.6 is 0 Å². The minimum Gasteiger partial charge on any atom is -0.497 e. The zero-order chi connectivity index (χ0) is 21.8. The van der Waals surface area contributed by atoms with Crippen molar-refractivity contribution in [3.05, 3.63) is 59.9 Å². The van der Waals surface area contributed by atoms with Crippen molar-refractivity contribution in [2.45, 2.75) is 19.8 Å². The van der Waals surface area contributed by atoms with Crippen molar-refractivity contribution in [2.24, 2.45) is 0 Å². The van der Waals surface area contributed by atoms with E-state index in [0.717, 1.165) is 43.1 Å². The number of pyridine rings is 1. The number of aromatic nitrogens is 1. The van der Waals surface area contributed by atoms with E-state index >= 15 is 0 Å². The Morgan fingerprint density at radius 3 is 2.26 bits per heavy atom. The molecule has 1 aromatic carbocycles. The fraction of sp³-hybridized carbons (Fsp3) is 0.375. The molecule has 3 heterocycles. The van der Waals surface area contributed by atoms with Crippen molar-refractivity contribution in [1.82, 2.24) is 14.8 Å². The van der Waals surface area contributed by atoms with Gasteiger partial charge in [0.05, 0.1) is 12.7 Å². The molecular formula is C24H28N4O3. The standard InChI is InChI=1S/C24H28N4O3/c1-3-4-13-28-23(29)21(18-8-10-19(31-2)11-9-18)22(24(28)30)27-16-14-26(15-17-27)20-7-5-6-12-25-20/h5-12H,3-4,13-17H2,1-2H3. The van der Waals surface area contributed by atoms with Crippen molar-refractivity contribution >= 4 is 23.2 Å². The summed E-state index contributed by atoms with van der Waals surface area (Å²) in [5.74, 6) is 1.26. The highest BCUT2D eigenvalue weighted by Gasteiger charge is 2.41. The number of piperazine rings is 1. The van der Waals surface area contributed by atoms with Crippen molar-refractivity contribution in [2.75, 3.05) is 44.7 Å². The number of hydrogen-bond acceptors (Lipinski definition) is 6. The number of ether oxygens (including phenoxy) is 1. The molecule has 0 spiro atoms. The average Bonchev–Trinajstić information content (AvgIpc) is 3.07. The molecule has 2 aliphatic rings. The topological polar surface area (TPSA) is 66.0 Å². The number of nitrogens with zero attached hydrogens (tertiary/aromatic N) is 4. The summed E-state index contributed by atoms with van der Waals surface area (Å²) in [6, 6.07) is 13.2. The molecular weight excluding hydrogens is 392 g/mol. The maximum absolute atomic E-state index is 13.3. The first-order valence-corrected chi connectivity index (χ1v) is 10.8. The number of benzene rings is 1. The van der Waals surface area contributed by atoms with Crippen LogP contribution < -0.4 is 9.64 Å². The Hall–Kier alpha value is -3.35. The zero-order valence-electron chi connectivity index (χ0n) is 18.1. The molecule has 1 saturated heterocycles. The second-order valence-corrected chi connectivity index (χ2v) is 7.73. The largest absolute Gasteiger partial charge is 0.497 e. The third-order valence-corrected chi connectivity index (χ3v) is 5.83. The van der Waals surface area contributed by atoms with E-state index in [1.807, 2.05) is 42.5 Å². The number of amides is 2. The molecule has 0 unspecified atom stereocenters. The summed E-state index contributed by atoms with van der Waals surface area (Å²) in [7, 11) is 1.61. The summed E-state index contributed by atoms with van der Waals surface area (Å²) in [6.07, 6.45) is 3.51. The average molecular weight is 421 g/mol. The van der Waals surface area contributed by atoms with Crippen molar-refractivity contribution in [3.8, 4) is 5.75 Å². The van der Waals surface area contributed by atoms with Crippen molar-refractivity contribution in [1.29, 1.82) is 0 Å². The summed E-state index contributed by atoms with van der Waals surface area (Å²) < 4.78 is 5.25. The minimum atomic E-state index is -0.203. The smallest absolute Gasteiger partial charge is 0.277 e. The molecule has 1 fully saturated rings. The molecule has 0 aliphatic carbocycles. The SMILES string of the molecule is CCCCN1C(=O)C(c2ccc(OC)cc2)=C(N2CCN(c3ccccn3)CC2)C1=O. The van der Waals surface area contributed by atoms with Crippen LogP contribution in [0, 0.1) is 0 Å². The molecule has 31 heavy (non-hydrogen) atoms. The van der Waals surface area contributed by atoms with E-state index < -0.39 is 0 Å². The number of methoxy groups -OCH3 is 1. The summed E-state index contributed by atoms with van der Waals surface area (Å²) >= 11 is 0. The normalized spacial score (nSPS) is 17.0. The molecule has 2 aliphatic heterocycles. The Morgan fingerprint density at radius 1 is 0.935 bits per heavy atom. The predicted molar refractivity (Wildman–Crippen MR) is 120 cm³/mol. The van der Waals surface area contributed by atoms with Crippen molar-refractivity contribution in [3.63, 3.8) is 0 Å². The van der Waals surface area contributed by atoms with Gasteiger partial charge in [0.15, 0.2) is 0 Å². The highest BCUT2D eigenvalue weighted by atomic mass is 16.5. The molecule has 4 rings (SSSR count). The zero-order valence-corrected chi connectivity index (χ0v) is 18.1. The molecule has 0 saturated carbocycles. The van der Waals surface area contributed by atoms with Crippen LogP contribution in [0.25, 0.3) is 5.57 Å². The lowest BCUT2D eigenvalue weighted by atomic mass is 10.0. The second kappa shape index (κ2) is 9.20. The monoisotopic (exact) mass is 420 g/mol. The first-order valence-electron chi connectivity index (χ1n) is 10.8. The highest BCUT2D eigenvalue weighted by molar-refractivity contribution is 6.35. The molecule has 2 amide bonds. The maximum Gasteiger partial charge on any atom is 0.277 e. The van der Waals surface area contributed by atoms with E-state index in [2.05, 4.69) is 21.7 Å². The summed E-state index contributed by atoms with van der Waals surface area (Å²) in [6.45, 7) is 5.31. The van der Waals surface area contributed by atoms with E-state index in [0.29, 0.717) is 30.9 Å². The van der Waals surface area contributed by atoms with Gasteiger partial charge >= 0.3 is 0 Å². The van der Waals surface area contributed by atoms with Gasteiger partial charge in [0.2, 0.25) is 0 Å². The van der Waals surface area contributed by atoms with Gasteiger partial charge in [-0.15, -0.1) is 0 Å². The van der Waals surface area contributed by atoms with Crippen LogP contribution in [0.2, 0.25) is 0 Å². The number of imide groups is 1. The fourth-order valence-corrected chi connectivity index (χ4v) is 4.09. The molecule has 1 aromatic heterocycles. The second-order valence-electron chi connectivity index (χ2n) is 7.73. The highest BCUT2D eigenvalue weighted by Crippen LogP contribution is 2.33. The van der Waals surface area contributed by atoms with E-state index in [1.54, 1.807) is 13.3 Å². The van der Waals surface area contributed by atoms with E-state index in [9.17, 15) is 9.59 Å². The minimum absolute atomic E-state index is 0.185. The molecule has 7 nitrogen and oxygen atoms in total. The lowest BCUT2D eigenvalue weighted by molar-refractivity contribution is -0.137. The molecule has 2 aromatic rings. The summed E-state index contributed by atoms with van der Waals surface area (Å²) in [5, 5.41) is 0. The van der Waals surface area contributed by atoms with Crippen molar-refractivity contribution < 1.29 is 14.3 Å². The first-order chi connectivity index (χ1) is 15.1. The summed E-state index contributed by atoms with van der Waals surface area (Å²) in [5.41, 5.74) is 1.77. The number of rotatable bonds is 7. The maximum atomic E-state index is 13.3. The Morgan fingerprint density at radius 2 is 1.65 bits per heavy atom. The number of carbonyl (C=O) groups excluding carboxylic acids is 2. The number of anilines is 1. The first kappa shape index (κ1) is 20.9. The van der Waals surface area contributed by atoms with Crippen LogP contribution in [0.3, 0.4) is 0 Å². The van der Waals surface area contributed by atoms with Gasteiger partial charge in [-0.3, -0.25) is 14.5 Å². The van der Waals surface area contributed by atoms with Gasteiger partial charge in [0.1, 0.15) is 17.3 Å². The van der Waals surface area contributed by atoms with Gasteiger partial charge in [0.25, 0.3) is 11.8 Å². The molecule has 0 radical (unpaired) electrons. The predicted octanol–water partition coefficient (Wildman–Crippen LogP) is 2.79. The van der Waals surface area contributed by atoms with Crippen LogP contribution in [-0.4, -0.2) is 66.4 Å². The van der Waals surface area contributed by atoms with Crippen LogP contribution in [-0.2, 0) is 9.59 Å². The van der Waals surface area contributed by atoms with E-state index in [1.165, 1.54) is 4.90 Å². The van der Waals surface area contributed by atoms with Gasteiger partial charge < -0.3 is 14.5 Å². The number of hydrogen-bond donors (Lipinski definition) is 0. The lowest BCUT2D eigenvalue weighted by Gasteiger charge is -2.37. The van der Waals surface area contributed by atoms with Gasteiger partial charge in [-0.1, -0.05) is 31.5 Å². The quantitative estimate of drug-likeness (QED) is 0.642. The van der Waals surface area contributed by atoms with Crippen LogP contribution in [0.1, 0.15) is 25.3 Å². The Bertz CT molecular complexity index is 964. The van der Waals surface area contributed by atoms with E-state index in [4.69, 9.17) is 4.74 Å². The van der Waals surface area contributed by atoms with Gasteiger partial charge in [-0.2, -0.15) is 0 Å². The molecule has 0 bridgehead atoms. The van der Waals surface area contributed by atoms with Crippen LogP contribution in [0.15, 0.2) is 54.4 Å². The van der Waals surface area contributed by atoms with Gasteiger partial charge in [-0.05, 0) is 36.2 Å². The Kier molecular flexibility index (Phi) is 6.21. The van der Waals surface area contributed by atoms with E-state index in [-0.39, 0.29) is 11.8 Å². The Labute approximate surface area is 182 Å². The van der Waals surface area contributed by atoms with Gasteiger partial charge in [-0.25, -0.2) is 4.98 Å².